The molecule has 0 fully saturated rings. The van der Waals surface area contributed by atoms with Crippen LogP contribution in [0.4, 0.5) is 5.69 Å². The molecule has 9 nitrogen and oxygen atoms in total. The molecule has 9 heteroatoms. The molecule has 2 amide bonds. The summed E-state index contributed by atoms with van der Waals surface area (Å²) in [7, 11) is 4.90. The number of carbonyl (C=O) groups is 2. The standard InChI is InChI=1S/C20H21N3O6/c1-12-7-17(28-3)18(29-4)8-13(12)10-21(2)11-22-19(24)15-6-5-14(23(26)27)9-16(15)20(22)25/h5-9H,10-11H2,1-4H3. The Kier molecular flexibility index (Phi) is 5.51. The number of rotatable bonds is 7. The number of aryl methyl sites for hydroxylation is 1. The molecule has 29 heavy (non-hydrogen) atoms. The molecule has 0 atom stereocenters. The first-order chi connectivity index (χ1) is 13.8. The Balaban J connectivity index is 1.78. The molecule has 2 aromatic rings. The highest BCUT2D eigenvalue weighted by atomic mass is 16.6. The highest BCUT2D eigenvalue weighted by molar-refractivity contribution is 6.21. The molecule has 1 aliphatic rings. The number of benzene rings is 2. The van der Waals surface area contributed by atoms with Crippen LogP contribution in [0, 0.1) is 17.0 Å². The second-order valence-corrected chi connectivity index (χ2v) is 6.81. The van der Waals surface area contributed by atoms with Crippen LogP contribution < -0.4 is 9.47 Å². The number of non-ortho nitro benzene ring substituents is 1. The van der Waals surface area contributed by atoms with Gasteiger partial charge in [0, 0.05) is 18.7 Å². The predicted octanol–water partition coefficient (Wildman–Crippen LogP) is 2.61. The van der Waals surface area contributed by atoms with Crippen molar-refractivity contribution in [3.63, 3.8) is 0 Å². The van der Waals surface area contributed by atoms with Crippen LogP contribution >= 0.6 is 0 Å². The largest absolute Gasteiger partial charge is 0.493 e. The minimum Gasteiger partial charge on any atom is -0.493 e. The van der Waals surface area contributed by atoms with Gasteiger partial charge in [-0.25, -0.2) is 0 Å². The van der Waals surface area contributed by atoms with Gasteiger partial charge in [-0.1, -0.05) is 0 Å². The quantitative estimate of drug-likeness (QED) is 0.401. The van der Waals surface area contributed by atoms with Crippen LogP contribution in [-0.4, -0.2) is 54.5 Å². The second-order valence-electron chi connectivity index (χ2n) is 6.81. The predicted molar refractivity (Wildman–Crippen MR) is 104 cm³/mol. The molecule has 3 rings (SSSR count). The summed E-state index contributed by atoms with van der Waals surface area (Å²) >= 11 is 0. The number of amides is 2. The SMILES string of the molecule is COc1cc(C)c(CN(C)CN2C(=O)c3ccc([N+](=O)[O-])cc3C2=O)cc1OC. The number of nitro groups is 1. The van der Waals surface area contributed by atoms with Crippen LogP contribution in [-0.2, 0) is 6.54 Å². The van der Waals surface area contributed by atoms with Crippen LogP contribution in [0.1, 0.15) is 31.8 Å². The van der Waals surface area contributed by atoms with E-state index in [1.165, 1.54) is 12.1 Å². The molecule has 0 bridgehead atoms. The van der Waals surface area contributed by atoms with Gasteiger partial charge in [-0.3, -0.25) is 29.5 Å². The Bertz CT molecular complexity index is 1000. The normalized spacial score (nSPS) is 13.1. The number of nitro benzene ring substituents is 1. The van der Waals surface area contributed by atoms with Crippen LogP contribution in [0.25, 0.3) is 0 Å². The van der Waals surface area contributed by atoms with Crippen LogP contribution in [0.15, 0.2) is 30.3 Å². The van der Waals surface area contributed by atoms with E-state index in [2.05, 4.69) is 0 Å². The number of imide groups is 1. The summed E-state index contributed by atoms with van der Waals surface area (Å²) in [6.45, 7) is 2.44. The fraction of sp³-hybridized carbons (Fsp3) is 0.300. The zero-order valence-electron chi connectivity index (χ0n) is 16.6. The molecule has 2 aromatic carbocycles. The maximum atomic E-state index is 12.6. The van der Waals surface area contributed by atoms with E-state index in [1.54, 1.807) is 21.3 Å². The minimum absolute atomic E-state index is 0.0495. The van der Waals surface area contributed by atoms with E-state index >= 15 is 0 Å². The molecular formula is C20H21N3O6. The number of nitrogens with zero attached hydrogens (tertiary/aromatic N) is 3. The third-order valence-corrected chi connectivity index (χ3v) is 4.83. The van der Waals surface area contributed by atoms with Crippen molar-refractivity contribution in [1.29, 1.82) is 0 Å². The van der Waals surface area contributed by atoms with E-state index in [0.29, 0.717) is 18.0 Å². The molecule has 0 saturated heterocycles. The molecule has 0 aromatic heterocycles. The van der Waals surface area contributed by atoms with Crippen LogP contribution in [0.2, 0.25) is 0 Å². The van der Waals surface area contributed by atoms with E-state index in [4.69, 9.17) is 9.47 Å². The van der Waals surface area contributed by atoms with Gasteiger partial charge in [0.15, 0.2) is 11.5 Å². The van der Waals surface area contributed by atoms with Crippen molar-refractivity contribution in [2.24, 2.45) is 0 Å². The van der Waals surface area contributed by atoms with Gasteiger partial charge in [0.05, 0.1) is 36.9 Å². The highest BCUT2D eigenvalue weighted by Crippen LogP contribution is 2.31. The molecule has 152 valence electrons. The maximum Gasteiger partial charge on any atom is 0.270 e. The Morgan fingerprint density at radius 1 is 1.03 bits per heavy atom. The summed E-state index contributed by atoms with van der Waals surface area (Å²) in [4.78, 5) is 38.5. The molecule has 0 radical (unpaired) electrons. The van der Waals surface area contributed by atoms with Gasteiger partial charge in [-0.2, -0.15) is 0 Å². The molecule has 0 spiro atoms. The number of carbonyl (C=O) groups excluding carboxylic acids is 2. The molecule has 0 aliphatic carbocycles. The number of hydrogen-bond acceptors (Lipinski definition) is 7. The number of fused-ring (bicyclic) bond motifs is 1. The lowest BCUT2D eigenvalue weighted by Gasteiger charge is -2.24. The van der Waals surface area contributed by atoms with Crippen molar-refractivity contribution >= 4 is 17.5 Å². The Hall–Kier alpha value is -3.46. The summed E-state index contributed by atoms with van der Waals surface area (Å²) in [6.07, 6.45) is 0. The molecule has 0 saturated carbocycles. The average molecular weight is 399 g/mol. The van der Waals surface area contributed by atoms with Crippen LogP contribution in [0.5, 0.6) is 11.5 Å². The zero-order valence-corrected chi connectivity index (χ0v) is 16.6. The molecule has 1 heterocycles. The number of methoxy groups -OCH3 is 2. The van der Waals surface area contributed by atoms with Crippen molar-refractivity contribution in [2.45, 2.75) is 13.5 Å². The lowest BCUT2D eigenvalue weighted by Crippen LogP contribution is -2.39. The van der Waals surface area contributed by atoms with Crippen molar-refractivity contribution in [3.8, 4) is 11.5 Å². The molecule has 0 N–H and O–H groups in total. The van der Waals surface area contributed by atoms with E-state index < -0.39 is 16.7 Å². The Labute approximate surface area is 167 Å². The highest BCUT2D eigenvalue weighted by Gasteiger charge is 2.37. The van der Waals surface area contributed by atoms with Gasteiger partial charge in [0.1, 0.15) is 0 Å². The van der Waals surface area contributed by atoms with Crippen molar-refractivity contribution in [3.05, 3.63) is 62.7 Å². The Morgan fingerprint density at radius 3 is 2.28 bits per heavy atom. The van der Waals surface area contributed by atoms with Crippen LogP contribution in [0.3, 0.4) is 0 Å². The summed E-state index contributed by atoms with van der Waals surface area (Å²) in [5.41, 5.74) is 1.95. The van der Waals surface area contributed by atoms with E-state index in [-0.39, 0.29) is 23.5 Å². The van der Waals surface area contributed by atoms with Crippen molar-refractivity contribution in [2.75, 3.05) is 27.9 Å². The van der Waals surface area contributed by atoms with Gasteiger partial charge < -0.3 is 9.47 Å². The maximum absolute atomic E-state index is 12.6. The van der Waals surface area contributed by atoms with Gasteiger partial charge in [0.2, 0.25) is 0 Å². The van der Waals surface area contributed by atoms with Crippen molar-refractivity contribution < 1.29 is 24.0 Å². The number of hydrogen-bond donors (Lipinski definition) is 0. The fourth-order valence-electron chi connectivity index (χ4n) is 3.30. The first kappa shape index (κ1) is 20.3. The van der Waals surface area contributed by atoms with E-state index in [0.717, 1.165) is 22.1 Å². The smallest absolute Gasteiger partial charge is 0.270 e. The second kappa shape index (κ2) is 7.88. The average Bonchev–Trinajstić information content (AvgIpc) is 2.93. The molecule has 0 unspecified atom stereocenters. The number of ether oxygens (including phenoxy) is 2. The van der Waals surface area contributed by atoms with Gasteiger partial charge >= 0.3 is 0 Å². The molecule has 1 aliphatic heterocycles. The lowest BCUT2D eigenvalue weighted by atomic mass is 10.1. The van der Waals surface area contributed by atoms with Gasteiger partial charge in [-0.15, -0.1) is 0 Å². The zero-order chi connectivity index (χ0) is 21.3. The van der Waals surface area contributed by atoms with Gasteiger partial charge in [-0.05, 0) is 43.3 Å². The monoisotopic (exact) mass is 399 g/mol. The Morgan fingerprint density at radius 2 is 1.66 bits per heavy atom. The molecular weight excluding hydrogens is 378 g/mol. The summed E-state index contributed by atoms with van der Waals surface area (Å²) in [5.74, 6) is 0.216. The topological polar surface area (TPSA) is 102 Å². The van der Waals surface area contributed by atoms with E-state index in [1.807, 2.05) is 24.0 Å². The van der Waals surface area contributed by atoms with E-state index in [9.17, 15) is 19.7 Å². The lowest BCUT2D eigenvalue weighted by molar-refractivity contribution is -0.384. The fourth-order valence-corrected chi connectivity index (χ4v) is 3.30. The third kappa shape index (κ3) is 3.77. The summed E-state index contributed by atoms with van der Waals surface area (Å²) in [6, 6.07) is 7.42. The first-order valence-electron chi connectivity index (χ1n) is 8.81. The third-order valence-electron chi connectivity index (χ3n) is 4.83. The minimum atomic E-state index is -0.591. The summed E-state index contributed by atoms with van der Waals surface area (Å²) < 4.78 is 10.6. The first-order valence-corrected chi connectivity index (χ1v) is 8.81. The summed E-state index contributed by atoms with van der Waals surface area (Å²) in [5, 5.41) is 10.9. The van der Waals surface area contributed by atoms with Gasteiger partial charge in [0.25, 0.3) is 17.5 Å². The van der Waals surface area contributed by atoms with Crippen molar-refractivity contribution in [1.82, 2.24) is 9.80 Å².